The van der Waals surface area contributed by atoms with Gasteiger partial charge in [0, 0.05) is 19.0 Å². The Morgan fingerprint density at radius 1 is 0.926 bits per heavy atom. The zero-order valence-corrected chi connectivity index (χ0v) is 15.6. The molecule has 2 aromatic rings. The summed E-state index contributed by atoms with van der Waals surface area (Å²) >= 11 is 0. The molecule has 1 heterocycles. The number of hydrogen-bond acceptors (Lipinski definition) is 2. The molecule has 0 unspecified atom stereocenters. The van der Waals surface area contributed by atoms with Crippen molar-refractivity contribution in [2.45, 2.75) is 38.0 Å². The van der Waals surface area contributed by atoms with Crippen LogP contribution in [0.15, 0.2) is 54.6 Å². The van der Waals surface area contributed by atoms with E-state index in [-0.39, 0.29) is 5.92 Å². The van der Waals surface area contributed by atoms with Crippen molar-refractivity contribution in [2.75, 3.05) is 18.0 Å². The maximum absolute atomic E-state index is 10.2. The number of nitriles is 1. The molecule has 3 aliphatic rings. The largest absolute Gasteiger partial charge is 0.370 e. The minimum atomic E-state index is 0.211. The van der Waals surface area contributed by atoms with E-state index in [0.717, 1.165) is 31.5 Å². The molecular formula is C25H24N2. The number of benzene rings is 2. The monoisotopic (exact) mass is 352 g/mol. The third-order valence-corrected chi connectivity index (χ3v) is 6.28. The predicted molar refractivity (Wildman–Crippen MR) is 111 cm³/mol. The van der Waals surface area contributed by atoms with Crippen LogP contribution in [-0.4, -0.2) is 13.1 Å². The topological polar surface area (TPSA) is 27.0 Å². The van der Waals surface area contributed by atoms with Crippen LogP contribution in [0.4, 0.5) is 5.69 Å². The van der Waals surface area contributed by atoms with Gasteiger partial charge in [-0.25, -0.2) is 0 Å². The van der Waals surface area contributed by atoms with Gasteiger partial charge in [0.1, 0.15) is 6.07 Å². The van der Waals surface area contributed by atoms with Crippen LogP contribution >= 0.6 is 0 Å². The first-order valence-corrected chi connectivity index (χ1v) is 10.1. The average molecular weight is 352 g/mol. The van der Waals surface area contributed by atoms with E-state index < -0.39 is 0 Å². The predicted octanol–water partition coefficient (Wildman–Crippen LogP) is 5.52. The molecule has 2 heteroatoms. The number of hydrogen-bond donors (Lipinski definition) is 0. The van der Waals surface area contributed by atoms with Crippen LogP contribution in [0.2, 0.25) is 0 Å². The van der Waals surface area contributed by atoms with Crippen molar-refractivity contribution in [3.8, 4) is 17.2 Å². The average Bonchev–Trinajstić information content (AvgIpc) is 3.27. The van der Waals surface area contributed by atoms with Gasteiger partial charge in [-0.2, -0.15) is 5.26 Å². The van der Waals surface area contributed by atoms with Gasteiger partial charge in [-0.1, -0.05) is 48.6 Å². The summed E-state index contributed by atoms with van der Waals surface area (Å²) in [5, 5.41) is 10.2. The third-order valence-electron chi connectivity index (χ3n) is 6.28. The van der Waals surface area contributed by atoms with E-state index in [1.54, 1.807) is 0 Å². The number of piperidine rings is 1. The lowest BCUT2D eigenvalue weighted by Crippen LogP contribution is -2.32. The van der Waals surface area contributed by atoms with Crippen molar-refractivity contribution in [3.05, 3.63) is 76.9 Å². The van der Waals surface area contributed by atoms with E-state index in [2.05, 4.69) is 65.6 Å². The molecule has 0 spiro atoms. The lowest BCUT2D eigenvalue weighted by atomic mass is 9.79. The molecule has 1 aliphatic heterocycles. The molecule has 0 amide bonds. The van der Waals surface area contributed by atoms with Gasteiger partial charge in [0.2, 0.25) is 0 Å². The Bertz CT molecular complexity index is 972. The molecule has 2 nitrogen and oxygen atoms in total. The Labute approximate surface area is 161 Å². The summed E-state index contributed by atoms with van der Waals surface area (Å²) in [5.74, 6) is 0.211. The van der Waals surface area contributed by atoms with Crippen LogP contribution in [0, 0.1) is 11.3 Å². The fourth-order valence-corrected chi connectivity index (χ4v) is 4.97. The van der Waals surface area contributed by atoms with E-state index in [0.29, 0.717) is 0 Å². The lowest BCUT2D eigenvalue weighted by Gasteiger charge is -2.35. The summed E-state index contributed by atoms with van der Waals surface area (Å²) in [4.78, 5) is 2.50. The summed E-state index contributed by atoms with van der Waals surface area (Å²) in [6, 6.07) is 13.7. The van der Waals surface area contributed by atoms with E-state index in [4.69, 9.17) is 0 Å². The molecule has 0 bridgehead atoms. The first kappa shape index (κ1) is 16.4. The van der Waals surface area contributed by atoms with Gasteiger partial charge in [-0.3, -0.25) is 0 Å². The van der Waals surface area contributed by atoms with E-state index in [1.807, 2.05) is 0 Å². The molecule has 1 saturated heterocycles. The van der Waals surface area contributed by atoms with Crippen LogP contribution in [0.25, 0.3) is 11.1 Å². The third kappa shape index (κ3) is 2.70. The van der Waals surface area contributed by atoms with Crippen LogP contribution < -0.4 is 4.90 Å². The molecule has 0 atom stereocenters. The summed E-state index contributed by atoms with van der Waals surface area (Å²) < 4.78 is 0. The van der Waals surface area contributed by atoms with Gasteiger partial charge in [-0.05, 0) is 66.0 Å². The zero-order valence-electron chi connectivity index (χ0n) is 15.6. The van der Waals surface area contributed by atoms with Gasteiger partial charge in [0.25, 0.3) is 0 Å². The van der Waals surface area contributed by atoms with Crippen LogP contribution in [0.3, 0.4) is 0 Å². The second kappa shape index (κ2) is 6.74. The van der Waals surface area contributed by atoms with Crippen molar-refractivity contribution in [2.24, 2.45) is 0 Å². The Hall–Kier alpha value is -2.79. The van der Waals surface area contributed by atoms with Crippen LogP contribution in [0.1, 0.15) is 47.4 Å². The number of fused-ring (bicyclic) bond motifs is 3. The van der Waals surface area contributed by atoms with Crippen molar-refractivity contribution < 1.29 is 0 Å². The Kier molecular flexibility index (Phi) is 4.09. The highest BCUT2D eigenvalue weighted by Crippen LogP contribution is 2.44. The van der Waals surface area contributed by atoms with Crippen LogP contribution in [-0.2, 0) is 12.8 Å². The molecule has 0 radical (unpaired) electrons. The fourth-order valence-electron chi connectivity index (χ4n) is 4.97. The highest BCUT2D eigenvalue weighted by atomic mass is 15.1. The summed E-state index contributed by atoms with van der Waals surface area (Å²) in [5.41, 5.74) is 8.82. The van der Waals surface area contributed by atoms with Gasteiger partial charge in [0.15, 0.2) is 0 Å². The van der Waals surface area contributed by atoms with E-state index in [9.17, 15) is 5.26 Å². The molecule has 2 aliphatic carbocycles. The van der Waals surface area contributed by atoms with Gasteiger partial charge < -0.3 is 4.90 Å². The molecule has 5 rings (SSSR count). The standard InChI is InChI=1S/C25H24N2/c26-17-24-22(18-8-2-3-9-18)16-23-20-11-5-4-10-19(20)12-13-21(23)25(24)27-14-6-1-7-15-27/h2-5,8-11,16,18H,1,6-7,12-15H2. The molecule has 0 N–H and O–H groups in total. The number of anilines is 1. The molecular weight excluding hydrogens is 328 g/mol. The molecule has 2 aromatic carbocycles. The Balaban J connectivity index is 1.78. The first-order chi connectivity index (χ1) is 13.4. The van der Waals surface area contributed by atoms with Gasteiger partial charge in [-0.15, -0.1) is 0 Å². The second-order valence-electron chi connectivity index (χ2n) is 7.83. The minimum Gasteiger partial charge on any atom is -0.370 e. The van der Waals surface area contributed by atoms with E-state index in [1.165, 1.54) is 52.8 Å². The smallest absolute Gasteiger partial charge is 0.102 e. The first-order valence-electron chi connectivity index (χ1n) is 10.1. The maximum Gasteiger partial charge on any atom is 0.102 e. The van der Waals surface area contributed by atoms with Gasteiger partial charge in [0.05, 0.1) is 11.3 Å². The SMILES string of the molecule is N#Cc1c(C2C=CC=C2)cc2c(c1N1CCCCC1)CCc1ccccc1-2. The molecule has 0 aromatic heterocycles. The molecule has 1 fully saturated rings. The molecule has 134 valence electrons. The number of nitrogens with zero attached hydrogens (tertiary/aromatic N) is 2. The summed E-state index contributed by atoms with van der Waals surface area (Å²) in [7, 11) is 0. The number of rotatable bonds is 2. The Morgan fingerprint density at radius 2 is 1.70 bits per heavy atom. The van der Waals surface area contributed by atoms with Gasteiger partial charge >= 0.3 is 0 Å². The second-order valence-corrected chi connectivity index (χ2v) is 7.83. The maximum atomic E-state index is 10.2. The normalized spacial score (nSPS) is 18.3. The highest BCUT2D eigenvalue weighted by Gasteiger charge is 2.28. The van der Waals surface area contributed by atoms with Crippen molar-refractivity contribution >= 4 is 5.69 Å². The summed E-state index contributed by atoms with van der Waals surface area (Å²) in [6.45, 7) is 2.14. The van der Waals surface area contributed by atoms with Crippen molar-refractivity contribution in [1.82, 2.24) is 0 Å². The number of allylic oxidation sites excluding steroid dienone is 4. The zero-order chi connectivity index (χ0) is 18.2. The van der Waals surface area contributed by atoms with Crippen LogP contribution in [0.5, 0.6) is 0 Å². The number of aryl methyl sites for hydroxylation is 1. The van der Waals surface area contributed by atoms with E-state index >= 15 is 0 Å². The fraction of sp³-hybridized carbons (Fsp3) is 0.320. The quantitative estimate of drug-likeness (QED) is 0.711. The minimum absolute atomic E-state index is 0.211. The Morgan fingerprint density at radius 3 is 2.48 bits per heavy atom. The highest BCUT2D eigenvalue weighted by molar-refractivity contribution is 5.84. The molecule has 27 heavy (non-hydrogen) atoms. The summed E-state index contributed by atoms with van der Waals surface area (Å²) in [6.07, 6.45) is 14.5. The van der Waals surface area contributed by atoms with Crippen molar-refractivity contribution in [1.29, 1.82) is 5.26 Å². The van der Waals surface area contributed by atoms with Crippen molar-refractivity contribution in [3.63, 3.8) is 0 Å². The lowest BCUT2D eigenvalue weighted by molar-refractivity contribution is 0.575. The molecule has 0 saturated carbocycles.